The van der Waals surface area contributed by atoms with Crippen LogP contribution in [0.15, 0.2) is 59.0 Å². The SMILES string of the molecule is CC(Oc1ccc(Cl)cc1Cl)C(=O)NC(=S)Nc1ccc(-c2nc3cc(Cl)ccc3o2)c(O)c1. The Bertz CT molecular complexity index is 1410. The minimum Gasteiger partial charge on any atom is -0.507 e. The second-order valence-corrected chi connectivity index (χ2v) is 8.83. The molecule has 0 aliphatic carbocycles. The van der Waals surface area contributed by atoms with Crippen LogP contribution in [0.3, 0.4) is 0 Å². The van der Waals surface area contributed by atoms with E-state index in [9.17, 15) is 9.90 Å². The van der Waals surface area contributed by atoms with Gasteiger partial charge in [0.1, 0.15) is 17.0 Å². The molecule has 1 unspecified atom stereocenters. The Morgan fingerprint density at radius 3 is 2.56 bits per heavy atom. The molecule has 0 aliphatic heterocycles. The van der Waals surface area contributed by atoms with Crippen LogP contribution in [0.25, 0.3) is 22.6 Å². The second kappa shape index (κ2) is 10.1. The number of rotatable bonds is 5. The van der Waals surface area contributed by atoms with E-state index in [2.05, 4.69) is 15.6 Å². The van der Waals surface area contributed by atoms with Gasteiger partial charge in [-0.3, -0.25) is 10.1 Å². The standard InChI is InChI=1S/C23H16Cl3N3O4S/c1-11(32-19-6-2-12(24)8-16(19)26)21(31)29-23(34)27-14-4-5-15(18(30)10-14)22-28-17-9-13(25)3-7-20(17)33-22/h2-11,30H,1H3,(H2,27,29,31,34). The van der Waals surface area contributed by atoms with Crippen molar-refractivity contribution in [2.45, 2.75) is 13.0 Å². The number of aromatic nitrogens is 1. The molecule has 0 saturated carbocycles. The number of hydrogen-bond acceptors (Lipinski definition) is 6. The summed E-state index contributed by atoms with van der Waals surface area (Å²) in [7, 11) is 0. The molecule has 1 heterocycles. The first kappa shape index (κ1) is 24.1. The van der Waals surface area contributed by atoms with Crippen molar-refractivity contribution in [1.29, 1.82) is 0 Å². The lowest BCUT2D eigenvalue weighted by atomic mass is 10.2. The van der Waals surface area contributed by atoms with E-state index < -0.39 is 12.0 Å². The van der Waals surface area contributed by atoms with Crippen molar-refractivity contribution in [3.05, 3.63) is 69.7 Å². The Morgan fingerprint density at radius 1 is 1.09 bits per heavy atom. The van der Waals surface area contributed by atoms with Gasteiger partial charge in [-0.25, -0.2) is 4.98 Å². The number of anilines is 1. The first-order valence-corrected chi connectivity index (χ1v) is 11.4. The fourth-order valence-corrected chi connectivity index (χ4v) is 3.83. The van der Waals surface area contributed by atoms with Gasteiger partial charge in [0, 0.05) is 21.8 Å². The number of fused-ring (bicyclic) bond motifs is 1. The zero-order valence-corrected chi connectivity index (χ0v) is 20.5. The van der Waals surface area contributed by atoms with Gasteiger partial charge in [0.25, 0.3) is 5.91 Å². The van der Waals surface area contributed by atoms with E-state index in [0.717, 1.165) is 0 Å². The van der Waals surface area contributed by atoms with Crippen molar-refractivity contribution < 1.29 is 19.1 Å². The normalized spacial score (nSPS) is 11.8. The molecule has 4 rings (SSSR count). The predicted molar refractivity (Wildman–Crippen MR) is 137 cm³/mol. The Kier molecular flexibility index (Phi) is 7.13. The average molecular weight is 537 g/mol. The van der Waals surface area contributed by atoms with E-state index in [0.29, 0.717) is 38.1 Å². The number of oxazole rings is 1. The number of carbonyl (C=O) groups is 1. The lowest BCUT2D eigenvalue weighted by molar-refractivity contribution is -0.125. The maximum atomic E-state index is 12.4. The molecule has 174 valence electrons. The van der Waals surface area contributed by atoms with E-state index in [4.69, 9.17) is 56.2 Å². The van der Waals surface area contributed by atoms with E-state index in [1.165, 1.54) is 12.1 Å². The molecule has 1 atom stereocenters. The van der Waals surface area contributed by atoms with Crippen molar-refractivity contribution >= 4 is 74.8 Å². The van der Waals surface area contributed by atoms with Gasteiger partial charge in [0.15, 0.2) is 16.8 Å². The maximum Gasteiger partial charge on any atom is 0.266 e. The van der Waals surface area contributed by atoms with E-state index >= 15 is 0 Å². The summed E-state index contributed by atoms with van der Waals surface area (Å²) in [5.41, 5.74) is 1.94. The number of carbonyl (C=O) groups excluding carboxylic acids is 1. The fraction of sp³-hybridized carbons (Fsp3) is 0.0870. The minimum atomic E-state index is -0.887. The molecule has 3 aromatic carbocycles. The number of ether oxygens (including phenoxy) is 1. The van der Waals surface area contributed by atoms with Gasteiger partial charge in [0.05, 0.1) is 10.6 Å². The monoisotopic (exact) mass is 535 g/mol. The van der Waals surface area contributed by atoms with E-state index in [-0.39, 0.29) is 21.8 Å². The molecule has 34 heavy (non-hydrogen) atoms. The number of nitrogens with zero attached hydrogens (tertiary/aromatic N) is 1. The third-order valence-electron chi connectivity index (χ3n) is 4.64. The Hall–Kier alpha value is -3.04. The molecule has 1 amide bonds. The maximum absolute atomic E-state index is 12.4. The van der Waals surface area contributed by atoms with Crippen LogP contribution >= 0.6 is 47.0 Å². The summed E-state index contributed by atoms with van der Waals surface area (Å²) in [6.07, 6.45) is -0.887. The highest BCUT2D eigenvalue weighted by Gasteiger charge is 2.18. The summed E-state index contributed by atoms with van der Waals surface area (Å²) >= 11 is 23.1. The predicted octanol–water partition coefficient (Wildman–Crippen LogP) is 6.44. The molecule has 0 bridgehead atoms. The van der Waals surface area contributed by atoms with Crippen LogP contribution in [-0.4, -0.2) is 27.2 Å². The van der Waals surface area contributed by atoms with Crippen LogP contribution in [0, 0.1) is 0 Å². The minimum absolute atomic E-state index is 0.0197. The molecule has 3 N–H and O–H groups in total. The van der Waals surface area contributed by atoms with Crippen molar-refractivity contribution in [3.63, 3.8) is 0 Å². The second-order valence-electron chi connectivity index (χ2n) is 7.14. The molecule has 0 fully saturated rings. The van der Waals surface area contributed by atoms with Crippen LogP contribution < -0.4 is 15.4 Å². The van der Waals surface area contributed by atoms with Gasteiger partial charge in [0.2, 0.25) is 5.89 Å². The summed E-state index contributed by atoms with van der Waals surface area (Å²) < 4.78 is 11.3. The van der Waals surface area contributed by atoms with Gasteiger partial charge < -0.3 is 19.6 Å². The Morgan fingerprint density at radius 2 is 1.82 bits per heavy atom. The number of phenolic OH excluding ortho intramolecular Hbond substituents is 1. The fourth-order valence-electron chi connectivity index (χ4n) is 3.00. The third-order valence-corrected chi connectivity index (χ3v) is 5.61. The molecule has 0 saturated heterocycles. The lowest BCUT2D eigenvalue weighted by Crippen LogP contribution is -2.42. The summed E-state index contributed by atoms with van der Waals surface area (Å²) in [4.78, 5) is 16.8. The molecule has 1 aromatic heterocycles. The highest BCUT2D eigenvalue weighted by molar-refractivity contribution is 7.80. The number of aromatic hydroxyl groups is 1. The molecular formula is C23H16Cl3N3O4S. The molecule has 7 nitrogen and oxygen atoms in total. The van der Waals surface area contributed by atoms with Gasteiger partial charge in [-0.1, -0.05) is 34.8 Å². The molecular weight excluding hydrogens is 521 g/mol. The number of thiocarbonyl (C=S) groups is 1. The van der Waals surface area contributed by atoms with Gasteiger partial charge >= 0.3 is 0 Å². The summed E-state index contributed by atoms with van der Waals surface area (Å²) in [6, 6.07) is 14.5. The van der Waals surface area contributed by atoms with Crippen molar-refractivity contribution in [2.75, 3.05) is 5.32 Å². The zero-order valence-electron chi connectivity index (χ0n) is 17.4. The number of amides is 1. The number of halogens is 3. The topological polar surface area (TPSA) is 96.6 Å². The smallest absolute Gasteiger partial charge is 0.266 e. The Balaban J connectivity index is 1.39. The average Bonchev–Trinajstić information content (AvgIpc) is 3.18. The largest absolute Gasteiger partial charge is 0.507 e. The van der Waals surface area contributed by atoms with Gasteiger partial charge in [-0.05, 0) is 67.7 Å². The van der Waals surface area contributed by atoms with E-state index in [1.807, 2.05) is 0 Å². The quantitative estimate of drug-likeness (QED) is 0.253. The molecule has 0 radical (unpaired) electrons. The highest BCUT2D eigenvalue weighted by Crippen LogP contribution is 2.33. The number of benzene rings is 3. The molecule has 0 spiro atoms. The number of phenols is 1. The number of hydrogen-bond donors (Lipinski definition) is 3. The highest BCUT2D eigenvalue weighted by atomic mass is 35.5. The van der Waals surface area contributed by atoms with Gasteiger partial charge in [-0.15, -0.1) is 0 Å². The molecule has 4 aromatic rings. The summed E-state index contributed by atoms with van der Waals surface area (Å²) in [5.74, 6) is -0.0287. The zero-order chi connectivity index (χ0) is 24.4. The number of nitrogens with one attached hydrogen (secondary N) is 2. The van der Waals surface area contributed by atoms with Gasteiger partial charge in [-0.2, -0.15) is 0 Å². The van der Waals surface area contributed by atoms with Crippen molar-refractivity contribution in [2.24, 2.45) is 0 Å². The van der Waals surface area contributed by atoms with Crippen molar-refractivity contribution in [3.8, 4) is 23.0 Å². The first-order chi connectivity index (χ1) is 16.2. The third kappa shape index (κ3) is 5.53. The van der Waals surface area contributed by atoms with Crippen LogP contribution in [0.4, 0.5) is 5.69 Å². The van der Waals surface area contributed by atoms with Crippen LogP contribution in [0.5, 0.6) is 11.5 Å². The lowest BCUT2D eigenvalue weighted by Gasteiger charge is -2.17. The molecule has 0 aliphatic rings. The molecule has 11 heteroatoms. The summed E-state index contributed by atoms with van der Waals surface area (Å²) in [6.45, 7) is 1.55. The van der Waals surface area contributed by atoms with Crippen LogP contribution in [0.1, 0.15) is 6.92 Å². The van der Waals surface area contributed by atoms with E-state index in [1.54, 1.807) is 49.4 Å². The summed E-state index contributed by atoms with van der Waals surface area (Å²) in [5, 5.41) is 17.1. The Labute approximate surface area is 214 Å². The van der Waals surface area contributed by atoms with Crippen molar-refractivity contribution in [1.82, 2.24) is 10.3 Å². The van der Waals surface area contributed by atoms with Crippen LogP contribution in [0.2, 0.25) is 15.1 Å². The first-order valence-electron chi connectivity index (χ1n) is 9.82. The van der Waals surface area contributed by atoms with Crippen LogP contribution in [-0.2, 0) is 4.79 Å².